The van der Waals surface area contributed by atoms with E-state index < -0.39 is 23.2 Å². The SMILES string of the molecule is CN(C)C(=O)c1ccc(N2CCC(CC3CCN(C(=O)C(F)(F)c4ccc(F)cc4)CC3)CC2)nc1Cl. The zero-order valence-electron chi connectivity index (χ0n) is 21.1. The molecule has 2 aromatic rings. The number of amides is 2. The molecule has 10 heteroatoms. The van der Waals surface area contributed by atoms with E-state index in [9.17, 15) is 22.8 Å². The lowest BCUT2D eigenvalue weighted by atomic mass is 9.82. The maximum absolute atomic E-state index is 14.7. The lowest BCUT2D eigenvalue weighted by Crippen LogP contribution is -2.46. The number of benzene rings is 1. The van der Waals surface area contributed by atoms with E-state index in [1.165, 1.54) is 9.80 Å². The summed E-state index contributed by atoms with van der Waals surface area (Å²) in [7, 11) is 3.34. The third-order valence-corrected chi connectivity index (χ3v) is 7.74. The molecule has 2 aliphatic rings. The minimum Gasteiger partial charge on any atom is -0.357 e. The normalized spacial score (nSPS) is 17.7. The van der Waals surface area contributed by atoms with Gasteiger partial charge in [0, 0.05) is 45.8 Å². The van der Waals surface area contributed by atoms with E-state index in [1.807, 2.05) is 6.07 Å². The number of hydrogen-bond acceptors (Lipinski definition) is 4. The van der Waals surface area contributed by atoms with Crippen LogP contribution in [0.2, 0.25) is 5.15 Å². The Labute approximate surface area is 220 Å². The van der Waals surface area contributed by atoms with Gasteiger partial charge in [0.15, 0.2) is 0 Å². The molecule has 3 heterocycles. The number of alkyl halides is 2. The smallest absolute Gasteiger partial charge is 0.349 e. The van der Waals surface area contributed by atoms with Gasteiger partial charge < -0.3 is 14.7 Å². The Morgan fingerprint density at radius 1 is 0.973 bits per heavy atom. The number of piperidine rings is 2. The number of rotatable bonds is 6. The van der Waals surface area contributed by atoms with Gasteiger partial charge in [-0.3, -0.25) is 9.59 Å². The zero-order chi connectivity index (χ0) is 26.7. The molecule has 0 atom stereocenters. The second-order valence-corrected chi connectivity index (χ2v) is 10.5. The summed E-state index contributed by atoms with van der Waals surface area (Å²) in [6.45, 7) is 2.27. The molecule has 0 bridgehead atoms. The fourth-order valence-corrected chi connectivity index (χ4v) is 5.45. The number of pyridine rings is 1. The molecule has 2 aliphatic heterocycles. The van der Waals surface area contributed by atoms with Gasteiger partial charge in [0.2, 0.25) is 0 Å². The van der Waals surface area contributed by atoms with E-state index in [0.29, 0.717) is 43.3 Å². The largest absolute Gasteiger partial charge is 0.357 e. The second-order valence-electron chi connectivity index (χ2n) is 10.2. The molecule has 0 spiro atoms. The van der Waals surface area contributed by atoms with Crippen molar-refractivity contribution in [1.29, 1.82) is 0 Å². The molecule has 1 aromatic carbocycles. The van der Waals surface area contributed by atoms with Gasteiger partial charge in [0.25, 0.3) is 11.8 Å². The van der Waals surface area contributed by atoms with Gasteiger partial charge in [0.1, 0.15) is 16.8 Å². The number of carbonyl (C=O) groups is 2. The van der Waals surface area contributed by atoms with Gasteiger partial charge >= 0.3 is 5.92 Å². The lowest BCUT2D eigenvalue weighted by molar-refractivity contribution is -0.160. The fraction of sp³-hybridized carbons (Fsp3) is 0.519. The molecule has 6 nitrogen and oxygen atoms in total. The summed E-state index contributed by atoms with van der Waals surface area (Å²) in [5, 5.41) is 0.199. The Morgan fingerprint density at radius 2 is 1.54 bits per heavy atom. The highest BCUT2D eigenvalue weighted by molar-refractivity contribution is 6.32. The van der Waals surface area contributed by atoms with Crippen LogP contribution in [-0.2, 0) is 10.7 Å². The Hall–Kier alpha value is -2.81. The van der Waals surface area contributed by atoms with Gasteiger partial charge in [0.05, 0.1) is 5.56 Å². The number of halogens is 4. The molecule has 1 aromatic heterocycles. The summed E-state index contributed by atoms with van der Waals surface area (Å²) in [5.41, 5.74) is -0.104. The standard InChI is InChI=1S/C27H32ClF3N4O2/c1-33(2)25(36)22-7-8-23(32-24(22)28)34-13-9-18(10-14-34)17-19-11-15-35(16-12-19)26(37)27(30,31)20-3-5-21(29)6-4-20/h3-8,18-19H,9-17H2,1-2H3. The maximum Gasteiger partial charge on any atom is 0.349 e. The van der Waals surface area contributed by atoms with Crippen molar-refractivity contribution in [3.05, 3.63) is 58.5 Å². The van der Waals surface area contributed by atoms with Gasteiger partial charge in [-0.25, -0.2) is 9.37 Å². The molecule has 2 saturated heterocycles. The number of aromatic nitrogens is 1. The van der Waals surface area contributed by atoms with Crippen LogP contribution < -0.4 is 4.90 Å². The number of anilines is 1. The molecule has 2 amide bonds. The Bertz CT molecular complexity index is 1110. The van der Waals surface area contributed by atoms with Crippen LogP contribution in [0.4, 0.5) is 19.0 Å². The highest BCUT2D eigenvalue weighted by Crippen LogP contribution is 2.35. The van der Waals surface area contributed by atoms with Crippen LogP contribution in [0.1, 0.15) is 48.0 Å². The van der Waals surface area contributed by atoms with E-state index in [2.05, 4.69) is 9.88 Å². The van der Waals surface area contributed by atoms with Crippen molar-refractivity contribution < 1.29 is 22.8 Å². The maximum atomic E-state index is 14.7. The van der Waals surface area contributed by atoms with Crippen molar-refractivity contribution in [1.82, 2.24) is 14.8 Å². The molecule has 0 N–H and O–H groups in total. The third-order valence-electron chi connectivity index (χ3n) is 7.45. The molecular formula is C27H32ClF3N4O2. The minimum absolute atomic E-state index is 0.185. The number of carbonyl (C=O) groups excluding carboxylic acids is 2. The van der Waals surface area contributed by atoms with E-state index in [-0.39, 0.29) is 11.1 Å². The molecule has 0 saturated carbocycles. The first-order valence-electron chi connectivity index (χ1n) is 12.6. The summed E-state index contributed by atoms with van der Waals surface area (Å²) in [6, 6.07) is 7.37. The third kappa shape index (κ3) is 6.20. The van der Waals surface area contributed by atoms with Crippen LogP contribution in [0, 0.1) is 17.7 Å². The number of likely N-dealkylation sites (tertiary alicyclic amines) is 1. The molecule has 200 valence electrons. The summed E-state index contributed by atoms with van der Waals surface area (Å²) in [6.07, 6.45) is 4.38. The van der Waals surface area contributed by atoms with Crippen molar-refractivity contribution in [2.75, 3.05) is 45.2 Å². The summed E-state index contributed by atoms with van der Waals surface area (Å²) in [5.74, 6) is -4.01. The summed E-state index contributed by atoms with van der Waals surface area (Å²) >= 11 is 6.27. The monoisotopic (exact) mass is 536 g/mol. The first-order valence-corrected chi connectivity index (χ1v) is 13.0. The zero-order valence-corrected chi connectivity index (χ0v) is 21.9. The van der Waals surface area contributed by atoms with Crippen molar-refractivity contribution in [2.45, 2.75) is 38.0 Å². The number of hydrogen-bond donors (Lipinski definition) is 0. The molecular weight excluding hydrogens is 505 g/mol. The summed E-state index contributed by atoms with van der Waals surface area (Å²) in [4.78, 5) is 34.0. The van der Waals surface area contributed by atoms with E-state index in [4.69, 9.17) is 11.6 Å². The molecule has 37 heavy (non-hydrogen) atoms. The summed E-state index contributed by atoms with van der Waals surface area (Å²) < 4.78 is 42.5. The Morgan fingerprint density at radius 3 is 2.08 bits per heavy atom. The van der Waals surface area contributed by atoms with Crippen molar-refractivity contribution in [3.63, 3.8) is 0 Å². The van der Waals surface area contributed by atoms with Crippen LogP contribution in [0.5, 0.6) is 0 Å². The Kier molecular flexibility index (Phi) is 8.31. The van der Waals surface area contributed by atoms with E-state index in [0.717, 1.165) is 62.4 Å². The average molecular weight is 537 g/mol. The fourth-order valence-electron chi connectivity index (χ4n) is 5.22. The predicted octanol–water partition coefficient (Wildman–Crippen LogP) is 5.21. The van der Waals surface area contributed by atoms with Crippen LogP contribution in [0.15, 0.2) is 36.4 Å². The Balaban J connectivity index is 1.25. The molecule has 0 radical (unpaired) electrons. The van der Waals surface area contributed by atoms with Crippen molar-refractivity contribution in [3.8, 4) is 0 Å². The first-order chi connectivity index (χ1) is 17.6. The van der Waals surface area contributed by atoms with Crippen molar-refractivity contribution >= 4 is 29.2 Å². The minimum atomic E-state index is -3.66. The average Bonchev–Trinajstić information content (AvgIpc) is 2.89. The first kappa shape index (κ1) is 27.2. The molecule has 0 aliphatic carbocycles. The van der Waals surface area contributed by atoms with Gasteiger partial charge in [-0.05, 0) is 80.3 Å². The number of nitrogens with zero attached hydrogens (tertiary/aromatic N) is 4. The topological polar surface area (TPSA) is 56.8 Å². The van der Waals surface area contributed by atoms with Crippen molar-refractivity contribution in [2.24, 2.45) is 11.8 Å². The lowest BCUT2D eigenvalue weighted by Gasteiger charge is -2.38. The van der Waals surface area contributed by atoms with Gasteiger partial charge in [-0.15, -0.1) is 0 Å². The quantitative estimate of drug-likeness (QED) is 0.475. The van der Waals surface area contributed by atoms with Crippen LogP contribution in [0.25, 0.3) is 0 Å². The molecule has 4 rings (SSSR count). The van der Waals surface area contributed by atoms with Gasteiger partial charge in [-0.1, -0.05) is 11.6 Å². The second kappa shape index (κ2) is 11.3. The van der Waals surface area contributed by atoms with Crippen LogP contribution in [0.3, 0.4) is 0 Å². The molecule has 0 unspecified atom stereocenters. The molecule has 2 fully saturated rings. The van der Waals surface area contributed by atoms with Crippen LogP contribution in [-0.4, -0.2) is 66.9 Å². The van der Waals surface area contributed by atoms with Crippen LogP contribution >= 0.6 is 11.6 Å². The highest BCUT2D eigenvalue weighted by atomic mass is 35.5. The van der Waals surface area contributed by atoms with E-state index in [1.54, 1.807) is 20.2 Å². The predicted molar refractivity (Wildman–Crippen MR) is 136 cm³/mol. The van der Waals surface area contributed by atoms with E-state index >= 15 is 0 Å². The highest BCUT2D eigenvalue weighted by Gasteiger charge is 2.44. The van der Waals surface area contributed by atoms with Gasteiger partial charge in [-0.2, -0.15) is 8.78 Å².